The van der Waals surface area contributed by atoms with Crippen LogP contribution in [0.25, 0.3) is 0 Å². The van der Waals surface area contributed by atoms with Crippen LogP contribution < -0.4 is 5.32 Å². The molecule has 0 aromatic carbocycles. The first-order valence-electron chi connectivity index (χ1n) is 5.10. The Bertz CT molecular complexity index is 395. The molecule has 6 heteroatoms. The summed E-state index contributed by atoms with van der Waals surface area (Å²) in [5.74, 6) is -0.510. The Morgan fingerprint density at radius 3 is 2.76 bits per heavy atom. The van der Waals surface area contributed by atoms with Crippen molar-refractivity contribution in [3.05, 3.63) is 30.1 Å². The summed E-state index contributed by atoms with van der Waals surface area (Å²) in [6.45, 7) is 1.83. The summed E-state index contributed by atoms with van der Waals surface area (Å²) >= 11 is 5.54. The van der Waals surface area contributed by atoms with E-state index in [0.29, 0.717) is 6.54 Å². The minimum absolute atomic E-state index is 0.330. The van der Waals surface area contributed by atoms with Gasteiger partial charge in [0.25, 0.3) is 0 Å². The van der Waals surface area contributed by atoms with Crippen LogP contribution >= 0.6 is 11.6 Å². The van der Waals surface area contributed by atoms with Crippen LogP contribution in [-0.2, 0) is 11.3 Å². The highest BCUT2D eigenvalue weighted by Gasteiger charge is 2.16. The van der Waals surface area contributed by atoms with E-state index in [1.165, 1.54) is 11.8 Å². The Morgan fingerprint density at radius 2 is 2.24 bits per heavy atom. The number of nitrogens with one attached hydrogen (secondary N) is 1. The van der Waals surface area contributed by atoms with Crippen molar-refractivity contribution in [2.24, 2.45) is 0 Å². The number of rotatable bonds is 3. The summed E-state index contributed by atoms with van der Waals surface area (Å²) < 4.78 is 0. The van der Waals surface area contributed by atoms with Crippen molar-refractivity contribution in [1.29, 1.82) is 0 Å². The molecule has 0 saturated carbocycles. The molecular formula is C11H14ClN3O2. The number of imide groups is 1. The van der Waals surface area contributed by atoms with Gasteiger partial charge in [-0.3, -0.25) is 15.1 Å². The topological polar surface area (TPSA) is 62.3 Å². The average Bonchev–Trinajstić information content (AvgIpc) is 2.29. The molecule has 0 aliphatic carbocycles. The average molecular weight is 256 g/mol. The van der Waals surface area contributed by atoms with Crippen molar-refractivity contribution in [3.63, 3.8) is 0 Å². The SMILES string of the molecule is CC(Cl)C(=O)NC(=O)N(C)Cc1ccccn1. The zero-order valence-corrected chi connectivity index (χ0v) is 10.4. The van der Waals surface area contributed by atoms with Crippen LogP contribution in [0.4, 0.5) is 4.79 Å². The standard InChI is InChI=1S/C11H14ClN3O2/c1-8(12)10(16)14-11(17)15(2)7-9-5-3-4-6-13-9/h3-6,8H,7H2,1-2H3,(H,14,16,17). The molecule has 5 nitrogen and oxygen atoms in total. The Kier molecular flexibility index (Phi) is 4.90. The lowest BCUT2D eigenvalue weighted by Gasteiger charge is -2.17. The number of alkyl halides is 1. The quantitative estimate of drug-likeness (QED) is 0.830. The lowest BCUT2D eigenvalue weighted by Crippen LogP contribution is -2.42. The third-order valence-corrected chi connectivity index (χ3v) is 2.26. The lowest BCUT2D eigenvalue weighted by atomic mass is 10.3. The zero-order chi connectivity index (χ0) is 12.8. The zero-order valence-electron chi connectivity index (χ0n) is 9.68. The van der Waals surface area contributed by atoms with Gasteiger partial charge in [-0.05, 0) is 19.1 Å². The normalized spacial score (nSPS) is 11.7. The molecule has 1 aromatic heterocycles. The Morgan fingerprint density at radius 1 is 1.53 bits per heavy atom. The fourth-order valence-electron chi connectivity index (χ4n) is 1.11. The van der Waals surface area contributed by atoms with Crippen LogP contribution in [0.15, 0.2) is 24.4 Å². The lowest BCUT2D eigenvalue weighted by molar-refractivity contribution is -0.119. The Hall–Kier alpha value is -1.62. The molecule has 0 aliphatic heterocycles. The maximum Gasteiger partial charge on any atom is 0.324 e. The second kappa shape index (κ2) is 6.20. The molecule has 0 radical (unpaired) electrons. The predicted molar refractivity (Wildman–Crippen MR) is 64.6 cm³/mol. The van der Waals surface area contributed by atoms with Gasteiger partial charge in [0.1, 0.15) is 5.38 Å². The number of aromatic nitrogens is 1. The fraction of sp³-hybridized carbons (Fsp3) is 0.364. The molecule has 0 bridgehead atoms. The smallest absolute Gasteiger partial charge is 0.322 e. The Balaban J connectivity index is 2.51. The number of urea groups is 1. The molecule has 92 valence electrons. The molecule has 0 aliphatic rings. The van der Waals surface area contributed by atoms with Gasteiger partial charge in [0, 0.05) is 13.2 Å². The predicted octanol–water partition coefficient (Wildman–Crippen LogP) is 1.38. The van der Waals surface area contributed by atoms with Gasteiger partial charge < -0.3 is 4.90 Å². The number of amides is 3. The van der Waals surface area contributed by atoms with Gasteiger partial charge in [-0.25, -0.2) is 4.79 Å². The van der Waals surface area contributed by atoms with E-state index in [-0.39, 0.29) is 0 Å². The Labute approximate surface area is 105 Å². The molecule has 1 heterocycles. The number of pyridine rings is 1. The van der Waals surface area contributed by atoms with E-state index >= 15 is 0 Å². The van der Waals surface area contributed by atoms with E-state index < -0.39 is 17.3 Å². The molecule has 1 N–H and O–H groups in total. The van der Waals surface area contributed by atoms with Crippen LogP contribution in [0.3, 0.4) is 0 Å². The van der Waals surface area contributed by atoms with Crippen LogP contribution in [0, 0.1) is 0 Å². The number of hydrogen-bond acceptors (Lipinski definition) is 3. The first-order valence-corrected chi connectivity index (χ1v) is 5.54. The monoisotopic (exact) mass is 255 g/mol. The maximum atomic E-state index is 11.6. The molecule has 17 heavy (non-hydrogen) atoms. The van der Waals surface area contributed by atoms with Crippen LogP contribution in [-0.4, -0.2) is 34.2 Å². The maximum absolute atomic E-state index is 11.6. The minimum Gasteiger partial charge on any atom is -0.322 e. The van der Waals surface area contributed by atoms with Gasteiger partial charge in [-0.2, -0.15) is 0 Å². The van der Waals surface area contributed by atoms with Crippen LogP contribution in [0.2, 0.25) is 0 Å². The summed E-state index contributed by atoms with van der Waals surface area (Å²) in [6.07, 6.45) is 1.65. The minimum atomic E-state index is -0.734. The van der Waals surface area contributed by atoms with E-state index in [4.69, 9.17) is 11.6 Å². The van der Waals surface area contributed by atoms with E-state index in [1.807, 2.05) is 6.07 Å². The molecule has 1 unspecified atom stereocenters. The number of hydrogen-bond donors (Lipinski definition) is 1. The summed E-state index contributed by atoms with van der Waals surface area (Å²) in [7, 11) is 1.58. The second-order valence-electron chi connectivity index (χ2n) is 3.59. The van der Waals surface area contributed by atoms with Gasteiger partial charge in [-0.15, -0.1) is 11.6 Å². The van der Waals surface area contributed by atoms with Gasteiger partial charge in [-0.1, -0.05) is 6.07 Å². The van der Waals surface area contributed by atoms with E-state index in [9.17, 15) is 9.59 Å². The van der Waals surface area contributed by atoms with Crippen molar-refractivity contribution in [2.45, 2.75) is 18.8 Å². The number of carbonyl (C=O) groups excluding carboxylic acids is 2. The summed E-state index contributed by atoms with van der Waals surface area (Å²) in [6, 6.07) is 4.94. The largest absolute Gasteiger partial charge is 0.324 e. The molecule has 0 fully saturated rings. The van der Waals surface area contributed by atoms with Gasteiger partial charge in [0.2, 0.25) is 5.91 Å². The van der Waals surface area contributed by atoms with Gasteiger partial charge in [0.05, 0.1) is 12.2 Å². The molecule has 1 atom stereocenters. The number of halogens is 1. The van der Waals surface area contributed by atoms with Crippen LogP contribution in [0.5, 0.6) is 0 Å². The van der Waals surface area contributed by atoms with Crippen molar-refractivity contribution in [3.8, 4) is 0 Å². The van der Waals surface area contributed by atoms with Crippen molar-refractivity contribution >= 4 is 23.5 Å². The van der Waals surface area contributed by atoms with Crippen molar-refractivity contribution in [1.82, 2.24) is 15.2 Å². The highest BCUT2D eigenvalue weighted by atomic mass is 35.5. The number of nitrogens with zero attached hydrogens (tertiary/aromatic N) is 2. The molecule has 0 spiro atoms. The van der Waals surface area contributed by atoms with E-state index in [1.54, 1.807) is 25.4 Å². The van der Waals surface area contributed by atoms with E-state index in [2.05, 4.69) is 10.3 Å². The molecule has 1 rings (SSSR count). The molecule has 1 aromatic rings. The summed E-state index contributed by atoms with van der Waals surface area (Å²) in [5.41, 5.74) is 0.747. The first kappa shape index (κ1) is 13.4. The molecule has 0 saturated heterocycles. The van der Waals surface area contributed by atoms with Crippen molar-refractivity contribution in [2.75, 3.05) is 7.05 Å². The molecular weight excluding hydrogens is 242 g/mol. The highest BCUT2D eigenvalue weighted by Crippen LogP contribution is 1.99. The van der Waals surface area contributed by atoms with Gasteiger partial charge in [0.15, 0.2) is 0 Å². The third-order valence-electron chi connectivity index (χ3n) is 2.06. The third kappa shape index (κ3) is 4.40. The molecule has 3 amide bonds. The van der Waals surface area contributed by atoms with E-state index in [0.717, 1.165) is 5.69 Å². The van der Waals surface area contributed by atoms with Crippen LogP contribution in [0.1, 0.15) is 12.6 Å². The fourth-order valence-corrected chi connectivity index (χ4v) is 1.16. The van der Waals surface area contributed by atoms with Gasteiger partial charge >= 0.3 is 6.03 Å². The highest BCUT2D eigenvalue weighted by molar-refractivity contribution is 6.31. The first-order chi connectivity index (χ1) is 8.00. The number of carbonyl (C=O) groups is 2. The summed E-state index contributed by atoms with van der Waals surface area (Å²) in [4.78, 5) is 28.2. The van der Waals surface area contributed by atoms with Crippen molar-refractivity contribution < 1.29 is 9.59 Å². The second-order valence-corrected chi connectivity index (χ2v) is 4.24. The summed E-state index contributed by atoms with van der Waals surface area (Å²) in [5, 5.41) is 1.45.